The van der Waals surface area contributed by atoms with Crippen molar-refractivity contribution in [3.8, 4) is 0 Å². The smallest absolute Gasteiger partial charge is 0.412 e. The highest BCUT2D eigenvalue weighted by atomic mass is 28.3. The number of alkyl halides is 3. The predicted octanol–water partition coefficient (Wildman–Crippen LogP) is 6.19. The molecule has 4 atom stereocenters. The second-order valence-electron chi connectivity index (χ2n) is 16.7. The predicted molar refractivity (Wildman–Crippen MR) is 190 cm³/mol. The van der Waals surface area contributed by atoms with Crippen LogP contribution in [0.2, 0.25) is 25.7 Å². The second kappa shape index (κ2) is 13.3. The molecule has 1 saturated carbocycles. The van der Waals surface area contributed by atoms with Crippen LogP contribution in [0.3, 0.4) is 0 Å². The van der Waals surface area contributed by atoms with Gasteiger partial charge in [-0.25, -0.2) is 9.97 Å². The highest BCUT2D eigenvalue weighted by Crippen LogP contribution is 2.45. The fraction of sp³-hybridized carbons (Fsp3) is 0.667. The monoisotopic (exact) mass is 715 g/mol. The molecule has 7 rings (SSSR count). The third-order valence-electron chi connectivity index (χ3n) is 10.9. The molecule has 2 aromatic rings. The summed E-state index contributed by atoms with van der Waals surface area (Å²) >= 11 is 0. The summed E-state index contributed by atoms with van der Waals surface area (Å²) in [6.45, 7) is 13.7. The molecule has 5 aliphatic rings. The maximum absolute atomic E-state index is 13.6. The zero-order chi connectivity index (χ0) is 35.6. The number of aromatic nitrogens is 3. The Balaban J connectivity index is 0.959. The van der Waals surface area contributed by atoms with Gasteiger partial charge in [0.1, 0.15) is 30.3 Å². The summed E-state index contributed by atoms with van der Waals surface area (Å²) in [6, 6.07) is 2.83. The lowest BCUT2D eigenvalue weighted by atomic mass is 9.72. The van der Waals surface area contributed by atoms with Crippen molar-refractivity contribution in [1.29, 1.82) is 0 Å². The van der Waals surface area contributed by atoms with E-state index in [9.17, 15) is 13.2 Å². The molecule has 3 N–H and O–H groups in total. The lowest BCUT2D eigenvalue weighted by Crippen LogP contribution is -2.44. The number of fused-ring (bicyclic) bond motifs is 3. The van der Waals surface area contributed by atoms with E-state index in [-0.39, 0.29) is 30.8 Å². The summed E-state index contributed by atoms with van der Waals surface area (Å²) in [5.41, 5.74) is 8.48. The Morgan fingerprint density at radius 2 is 1.96 bits per heavy atom. The quantitative estimate of drug-likeness (QED) is 0.152. The fourth-order valence-corrected chi connectivity index (χ4v) is 9.18. The fourth-order valence-electron chi connectivity index (χ4n) is 8.42. The van der Waals surface area contributed by atoms with E-state index in [0.717, 1.165) is 66.5 Å². The van der Waals surface area contributed by atoms with E-state index in [2.05, 4.69) is 57.8 Å². The van der Waals surface area contributed by atoms with Crippen LogP contribution in [0, 0.1) is 11.8 Å². The number of nitrogens with one attached hydrogen (secondary N) is 1. The molecule has 0 amide bonds. The molecule has 3 aliphatic carbocycles. The molecule has 10 nitrogen and oxygen atoms in total. The molecule has 2 saturated heterocycles. The number of anilines is 1. The number of nitrogens with zero attached hydrogens (tertiary/aromatic N) is 5. The molecule has 274 valence electrons. The van der Waals surface area contributed by atoms with Gasteiger partial charge >= 0.3 is 6.18 Å². The molecule has 0 spiro atoms. The topological polar surface area (TPSA) is 103 Å². The standard InChI is InChI=1S/C36H52F3N7O3Si/c1-35(2)48-31-24(16-29(32(31)49-35)45-10-9-26-33(40)41-20-42-34(26)45)19-44(3)18-23-13-22(14-23)15-30-43-27-17-25(36(37,38)39)7-8-28(27)46(30)21-47-11-12-50(4,5)6/h7,9-10,16,20,22-23,27-28,30,32,43H,8,11-15,17-19,21H2,1-6H3,(H2,40,41,42)/t22?,23?,27?,28?,30?,32-/m0/s1. The number of likely N-dealkylation sites (N-methyl/N-ethyl adjacent to an activating group) is 1. The number of hydrogen-bond acceptors (Lipinski definition) is 9. The number of ether oxygens (including phenoxy) is 3. The molecule has 3 fully saturated rings. The normalized spacial score (nSPS) is 29.6. The van der Waals surface area contributed by atoms with Crippen molar-refractivity contribution in [2.24, 2.45) is 11.8 Å². The summed E-state index contributed by atoms with van der Waals surface area (Å²) in [4.78, 5) is 13.3. The van der Waals surface area contributed by atoms with Crippen molar-refractivity contribution in [2.45, 2.75) is 108 Å². The Hall–Kier alpha value is -2.75. The summed E-state index contributed by atoms with van der Waals surface area (Å²) in [6.07, 6.45) is 5.98. The van der Waals surface area contributed by atoms with Crippen LogP contribution in [0.1, 0.15) is 46.0 Å². The average Bonchev–Trinajstić information content (AvgIpc) is 3.74. The van der Waals surface area contributed by atoms with E-state index in [0.29, 0.717) is 37.4 Å². The van der Waals surface area contributed by atoms with Gasteiger partial charge in [0.2, 0.25) is 5.79 Å². The molecule has 4 heterocycles. The van der Waals surface area contributed by atoms with Gasteiger partial charge in [-0.05, 0) is 69.2 Å². The van der Waals surface area contributed by atoms with Crippen LogP contribution in [-0.2, 0) is 14.2 Å². The van der Waals surface area contributed by atoms with E-state index < -0.39 is 25.6 Å². The van der Waals surface area contributed by atoms with Crippen LogP contribution < -0.4 is 11.1 Å². The molecule has 50 heavy (non-hydrogen) atoms. The minimum atomic E-state index is -4.27. The molecule has 3 unspecified atom stereocenters. The van der Waals surface area contributed by atoms with Gasteiger partial charge in [-0.3, -0.25) is 10.2 Å². The third-order valence-corrected chi connectivity index (χ3v) is 12.6. The summed E-state index contributed by atoms with van der Waals surface area (Å²) in [5.74, 6) is 1.63. The SMILES string of the molecule is CN(CC1=C2OC(C)(C)O[C@H]2C(n2ccc3c(N)ncnc32)=C1)CC1CC(CC2NC3CC(C(F)(F)F)=CCC3N2COCC[Si](C)(C)C)C1. The average molecular weight is 716 g/mol. The highest BCUT2D eigenvalue weighted by molar-refractivity contribution is 6.76. The van der Waals surface area contributed by atoms with Gasteiger partial charge in [0.25, 0.3) is 0 Å². The highest BCUT2D eigenvalue weighted by Gasteiger charge is 2.48. The first-order valence-corrected chi connectivity index (χ1v) is 21.7. The van der Waals surface area contributed by atoms with E-state index in [1.807, 2.05) is 30.7 Å². The first-order chi connectivity index (χ1) is 23.5. The van der Waals surface area contributed by atoms with Gasteiger partial charge in [-0.15, -0.1) is 0 Å². The van der Waals surface area contributed by atoms with Crippen LogP contribution in [0.5, 0.6) is 0 Å². The van der Waals surface area contributed by atoms with Crippen LogP contribution in [-0.4, -0.2) is 102 Å². The van der Waals surface area contributed by atoms with Gasteiger partial charge in [0, 0.05) is 71.0 Å². The molecule has 14 heteroatoms. The third kappa shape index (κ3) is 7.42. The van der Waals surface area contributed by atoms with Crippen molar-refractivity contribution >= 4 is 30.6 Å². The Morgan fingerprint density at radius 1 is 1.18 bits per heavy atom. The molecule has 0 aromatic carbocycles. The number of nitrogens with two attached hydrogens (primary N) is 1. The largest absolute Gasteiger partial charge is 0.464 e. The Bertz CT molecular complexity index is 1680. The van der Waals surface area contributed by atoms with Crippen molar-refractivity contribution < 1.29 is 27.4 Å². The lowest BCUT2D eigenvalue weighted by Gasteiger charge is -2.40. The number of hydrogen-bond donors (Lipinski definition) is 2. The van der Waals surface area contributed by atoms with Crippen molar-refractivity contribution in [1.82, 2.24) is 29.7 Å². The van der Waals surface area contributed by atoms with Gasteiger partial charge in [-0.1, -0.05) is 25.7 Å². The zero-order valence-corrected chi connectivity index (χ0v) is 31.1. The van der Waals surface area contributed by atoms with Crippen molar-refractivity contribution in [2.75, 3.05) is 39.2 Å². The molecule has 0 bridgehead atoms. The summed E-state index contributed by atoms with van der Waals surface area (Å²) in [5, 5.41) is 4.41. The van der Waals surface area contributed by atoms with E-state index in [4.69, 9.17) is 19.9 Å². The summed E-state index contributed by atoms with van der Waals surface area (Å²) < 4.78 is 61.6. The number of nitrogen functional groups attached to an aromatic ring is 1. The molecule has 2 aliphatic heterocycles. The summed E-state index contributed by atoms with van der Waals surface area (Å²) in [7, 11) is 0.909. The molecular weight excluding hydrogens is 664 g/mol. The van der Waals surface area contributed by atoms with Crippen LogP contribution in [0.4, 0.5) is 19.0 Å². The minimum absolute atomic E-state index is 0.0251. The lowest BCUT2D eigenvalue weighted by molar-refractivity contribution is -0.126. The maximum atomic E-state index is 13.6. The molecular formula is C36H52F3N7O3Si. The van der Waals surface area contributed by atoms with Gasteiger partial charge in [-0.2, -0.15) is 13.2 Å². The van der Waals surface area contributed by atoms with Crippen LogP contribution in [0.15, 0.2) is 47.6 Å². The maximum Gasteiger partial charge on any atom is 0.412 e. The van der Waals surface area contributed by atoms with Gasteiger partial charge in [0.15, 0.2) is 6.10 Å². The second-order valence-corrected chi connectivity index (χ2v) is 22.3. The van der Waals surface area contributed by atoms with E-state index in [1.165, 1.54) is 12.4 Å². The van der Waals surface area contributed by atoms with Gasteiger partial charge < -0.3 is 29.4 Å². The van der Waals surface area contributed by atoms with Gasteiger partial charge in [0.05, 0.1) is 17.2 Å². The Labute approximate surface area is 293 Å². The Morgan fingerprint density at radius 3 is 2.70 bits per heavy atom. The number of halogens is 3. The Kier molecular flexibility index (Phi) is 9.51. The molecule has 0 radical (unpaired) electrons. The van der Waals surface area contributed by atoms with Crippen LogP contribution >= 0.6 is 0 Å². The molecule has 2 aromatic heterocycles. The number of rotatable bonds is 12. The zero-order valence-electron chi connectivity index (χ0n) is 30.1. The first-order valence-electron chi connectivity index (χ1n) is 18.0. The van der Waals surface area contributed by atoms with Crippen molar-refractivity contribution in [3.05, 3.63) is 47.6 Å². The van der Waals surface area contributed by atoms with E-state index >= 15 is 0 Å². The first kappa shape index (κ1) is 35.6. The van der Waals surface area contributed by atoms with Crippen LogP contribution in [0.25, 0.3) is 16.7 Å². The minimum Gasteiger partial charge on any atom is -0.464 e. The van der Waals surface area contributed by atoms with Crippen molar-refractivity contribution in [3.63, 3.8) is 0 Å². The van der Waals surface area contributed by atoms with E-state index in [1.54, 1.807) is 0 Å².